The number of hydrogen-bond acceptors (Lipinski definition) is 5. The Hall–Kier alpha value is -1.60. The van der Waals surface area contributed by atoms with Crippen LogP contribution in [0.3, 0.4) is 0 Å². The molecule has 0 amide bonds. The normalized spacial score (nSPS) is 29.1. The van der Waals surface area contributed by atoms with E-state index in [-0.39, 0.29) is 17.9 Å². The molecule has 1 aromatic rings. The van der Waals surface area contributed by atoms with E-state index in [1.54, 1.807) is 12.4 Å². The van der Waals surface area contributed by atoms with E-state index in [1.165, 1.54) is 4.57 Å². The molecule has 0 radical (unpaired) electrons. The first-order chi connectivity index (χ1) is 7.75. The van der Waals surface area contributed by atoms with E-state index in [0.717, 1.165) is 19.5 Å². The van der Waals surface area contributed by atoms with Crippen molar-refractivity contribution < 1.29 is 0 Å². The van der Waals surface area contributed by atoms with Gasteiger partial charge in [-0.3, -0.25) is 4.90 Å². The molecular formula is C9H14N6O. The summed E-state index contributed by atoms with van der Waals surface area (Å²) in [6.07, 6.45) is 4.36. The highest BCUT2D eigenvalue weighted by Gasteiger charge is 2.31. The van der Waals surface area contributed by atoms with E-state index >= 15 is 0 Å². The lowest BCUT2D eigenvalue weighted by Gasteiger charge is -2.28. The number of rotatable bonds is 1. The summed E-state index contributed by atoms with van der Waals surface area (Å²) in [6.45, 7) is 1.75. The van der Waals surface area contributed by atoms with E-state index in [9.17, 15) is 4.79 Å². The summed E-state index contributed by atoms with van der Waals surface area (Å²) >= 11 is 0. The lowest BCUT2D eigenvalue weighted by Crippen LogP contribution is -2.40. The Kier molecular flexibility index (Phi) is 2.08. The summed E-state index contributed by atoms with van der Waals surface area (Å²) in [7, 11) is 0. The number of aromatic nitrogens is 3. The Bertz CT molecular complexity index is 475. The van der Waals surface area contributed by atoms with Gasteiger partial charge in [0.25, 0.3) is 0 Å². The summed E-state index contributed by atoms with van der Waals surface area (Å²) < 4.78 is 1.52. The van der Waals surface area contributed by atoms with Crippen molar-refractivity contribution in [3.63, 3.8) is 0 Å². The Labute approximate surface area is 91.9 Å². The van der Waals surface area contributed by atoms with Gasteiger partial charge in [0.1, 0.15) is 6.17 Å². The molecule has 0 spiro atoms. The van der Waals surface area contributed by atoms with Crippen molar-refractivity contribution in [2.45, 2.75) is 18.6 Å². The van der Waals surface area contributed by atoms with Gasteiger partial charge in [-0.05, 0) is 6.42 Å². The van der Waals surface area contributed by atoms with Gasteiger partial charge in [-0.1, -0.05) is 0 Å². The Morgan fingerprint density at radius 3 is 3.19 bits per heavy atom. The zero-order chi connectivity index (χ0) is 11.1. The molecule has 4 N–H and O–H groups in total. The smallest absolute Gasteiger partial charge is 0.347 e. The Morgan fingerprint density at radius 2 is 2.44 bits per heavy atom. The number of hydrogen-bond donors (Lipinski definition) is 3. The van der Waals surface area contributed by atoms with Gasteiger partial charge >= 0.3 is 5.69 Å². The lowest BCUT2D eigenvalue weighted by molar-refractivity contribution is 0.206. The molecule has 2 aliphatic heterocycles. The summed E-state index contributed by atoms with van der Waals surface area (Å²) in [5.41, 5.74) is 5.67. The fourth-order valence-corrected chi connectivity index (χ4v) is 2.26. The highest BCUT2D eigenvalue weighted by Crippen LogP contribution is 2.22. The first-order valence-electron chi connectivity index (χ1n) is 5.35. The third kappa shape index (κ3) is 1.36. The number of fused-ring (bicyclic) bond motifs is 1. The van der Waals surface area contributed by atoms with Gasteiger partial charge < -0.3 is 11.1 Å². The number of nitrogens with zero attached hydrogens (tertiary/aromatic N) is 3. The molecule has 2 aliphatic rings. The molecule has 0 aromatic carbocycles. The average Bonchev–Trinajstić information content (AvgIpc) is 2.86. The monoisotopic (exact) mass is 222 g/mol. The maximum atomic E-state index is 11.4. The van der Waals surface area contributed by atoms with Crippen LogP contribution in [0.25, 0.3) is 6.20 Å². The molecule has 1 saturated heterocycles. The molecule has 0 aliphatic carbocycles. The first-order valence-corrected chi connectivity index (χ1v) is 5.35. The van der Waals surface area contributed by atoms with Crippen molar-refractivity contribution in [2.75, 3.05) is 13.1 Å². The van der Waals surface area contributed by atoms with E-state index in [2.05, 4.69) is 20.4 Å². The number of aromatic amines is 1. The second-order valence-corrected chi connectivity index (χ2v) is 4.19. The molecule has 1 fully saturated rings. The zero-order valence-corrected chi connectivity index (χ0v) is 8.76. The SMILES string of the molecule is NC1CCN(C2NC=Cn3c2n[nH]c3=O)C1. The van der Waals surface area contributed by atoms with Crippen LogP contribution >= 0.6 is 0 Å². The first kappa shape index (κ1) is 9.61. The topological polar surface area (TPSA) is 92.0 Å². The summed E-state index contributed by atoms with van der Waals surface area (Å²) in [5, 5.41) is 9.69. The van der Waals surface area contributed by atoms with Gasteiger partial charge in [0, 0.05) is 31.5 Å². The van der Waals surface area contributed by atoms with Crippen molar-refractivity contribution >= 4 is 6.20 Å². The maximum absolute atomic E-state index is 11.4. The Balaban J connectivity index is 1.93. The molecule has 3 rings (SSSR count). The standard InChI is InChI=1S/C9H14N6O/c10-6-1-3-14(5-6)7-8-12-13-9(16)15(8)4-2-11-7/h2,4,6-7,11H,1,3,5,10H2,(H,13,16). The summed E-state index contributed by atoms with van der Waals surface area (Å²) in [6, 6.07) is 0.215. The Morgan fingerprint density at radius 1 is 1.56 bits per heavy atom. The minimum Gasteiger partial charge on any atom is -0.368 e. The van der Waals surface area contributed by atoms with E-state index in [1.807, 2.05) is 0 Å². The van der Waals surface area contributed by atoms with E-state index in [0.29, 0.717) is 5.82 Å². The molecule has 0 saturated carbocycles. The molecule has 7 nitrogen and oxygen atoms in total. The zero-order valence-electron chi connectivity index (χ0n) is 8.76. The van der Waals surface area contributed by atoms with Crippen molar-refractivity contribution in [2.24, 2.45) is 5.73 Å². The maximum Gasteiger partial charge on any atom is 0.347 e. The largest absolute Gasteiger partial charge is 0.368 e. The van der Waals surface area contributed by atoms with Crippen molar-refractivity contribution in [3.8, 4) is 0 Å². The van der Waals surface area contributed by atoms with Gasteiger partial charge in [0.05, 0.1) is 0 Å². The summed E-state index contributed by atoms with van der Waals surface area (Å²) in [4.78, 5) is 13.6. The molecule has 16 heavy (non-hydrogen) atoms. The van der Waals surface area contributed by atoms with Crippen molar-refractivity contribution in [1.82, 2.24) is 25.0 Å². The van der Waals surface area contributed by atoms with Gasteiger partial charge in [0.2, 0.25) is 0 Å². The molecule has 1 aromatic heterocycles. The molecule has 7 heteroatoms. The quantitative estimate of drug-likeness (QED) is 0.545. The van der Waals surface area contributed by atoms with Crippen molar-refractivity contribution in [1.29, 1.82) is 0 Å². The molecule has 0 bridgehead atoms. The second-order valence-electron chi connectivity index (χ2n) is 4.19. The van der Waals surface area contributed by atoms with Gasteiger partial charge in [-0.15, -0.1) is 0 Å². The van der Waals surface area contributed by atoms with Crippen LogP contribution < -0.4 is 16.7 Å². The number of H-pyrrole nitrogens is 1. The fraction of sp³-hybridized carbons (Fsp3) is 0.556. The van der Waals surface area contributed by atoms with Crippen LogP contribution in [0, 0.1) is 0 Å². The predicted octanol–water partition coefficient (Wildman–Crippen LogP) is -1.37. The molecular weight excluding hydrogens is 208 g/mol. The van der Waals surface area contributed by atoms with Crippen LogP contribution in [0.15, 0.2) is 11.0 Å². The fourth-order valence-electron chi connectivity index (χ4n) is 2.26. The number of nitrogens with two attached hydrogens (primary N) is 1. The van der Waals surface area contributed by atoms with Gasteiger partial charge in [-0.2, -0.15) is 5.10 Å². The average molecular weight is 222 g/mol. The van der Waals surface area contributed by atoms with Crippen LogP contribution in [-0.2, 0) is 0 Å². The minimum atomic E-state index is -0.207. The molecule has 2 unspecified atom stereocenters. The van der Waals surface area contributed by atoms with Crippen LogP contribution in [-0.4, -0.2) is 38.8 Å². The van der Waals surface area contributed by atoms with E-state index < -0.39 is 0 Å². The van der Waals surface area contributed by atoms with Crippen LogP contribution in [0.2, 0.25) is 0 Å². The third-order valence-corrected chi connectivity index (χ3v) is 3.08. The molecule has 3 heterocycles. The van der Waals surface area contributed by atoms with Gasteiger partial charge in [0.15, 0.2) is 5.82 Å². The minimum absolute atomic E-state index is 0.0579. The molecule has 2 atom stereocenters. The van der Waals surface area contributed by atoms with Crippen LogP contribution in [0.1, 0.15) is 18.4 Å². The van der Waals surface area contributed by atoms with Crippen molar-refractivity contribution in [3.05, 3.63) is 22.5 Å². The summed E-state index contributed by atoms with van der Waals surface area (Å²) in [5.74, 6) is 0.696. The number of nitrogens with one attached hydrogen (secondary N) is 2. The predicted molar refractivity (Wildman–Crippen MR) is 58.2 cm³/mol. The van der Waals surface area contributed by atoms with Gasteiger partial charge in [-0.25, -0.2) is 14.5 Å². The lowest BCUT2D eigenvalue weighted by atomic mass is 10.3. The molecule has 86 valence electrons. The van der Waals surface area contributed by atoms with E-state index in [4.69, 9.17) is 5.73 Å². The van der Waals surface area contributed by atoms with Crippen LogP contribution in [0.5, 0.6) is 0 Å². The van der Waals surface area contributed by atoms with Crippen LogP contribution in [0.4, 0.5) is 0 Å². The highest BCUT2D eigenvalue weighted by molar-refractivity contribution is 5.27. The number of likely N-dealkylation sites (tertiary alicyclic amines) is 1. The second kappa shape index (κ2) is 3.46. The third-order valence-electron chi connectivity index (χ3n) is 3.08. The highest BCUT2D eigenvalue weighted by atomic mass is 16.1.